The molecule has 30 heavy (non-hydrogen) atoms. The van der Waals surface area contributed by atoms with Crippen molar-refractivity contribution in [1.29, 1.82) is 0 Å². The van der Waals surface area contributed by atoms with Crippen LogP contribution in [0.25, 0.3) is 0 Å². The molecule has 1 aliphatic rings. The summed E-state index contributed by atoms with van der Waals surface area (Å²) in [6, 6.07) is 10.2. The molecule has 8 heteroatoms. The maximum absolute atomic E-state index is 11.6. The van der Waals surface area contributed by atoms with E-state index in [-0.39, 0.29) is 17.3 Å². The Morgan fingerprint density at radius 2 is 1.50 bits per heavy atom. The molecule has 1 aliphatic carbocycles. The Balaban J connectivity index is 2.33. The van der Waals surface area contributed by atoms with Crippen molar-refractivity contribution in [2.75, 3.05) is 0 Å². The number of hydrogen-bond donors (Lipinski definition) is 0. The lowest BCUT2D eigenvalue weighted by Gasteiger charge is -2.48. The van der Waals surface area contributed by atoms with E-state index < -0.39 is 15.3 Å². The largest absolute Gasteiger partial charge is 0.283 e. The first-order valence-corrected chi connectivity index (χ1v) is 11.3. The van der Waals surface area contributed by atoms with Crippen LogP contribution in [0.3, 0.4) is 0 Å². The van der Waals surface area contributed by atoms with Gasteiger partial charge in [-0.15, -0.1) is 0 Å². The van der Waals surface area contributed by atoms with Gasteiger partial charge in [-0.25, -0.2) is 0 Å². The lowest BCUT2D eigenvalue weighted by molar-refractivity contribution is -0.385. The molecule has 0 amide bonds. The molecule has 0 N–H and O–H groups in total. The van der Waals surface area contributed by atoms with Crippen LogP contribution in [0.2, 0.25) is 0 Å². The maximum atomic E-state index is 11.6. The number of nitro benzene ring substituents is 2. The summed E-state index contributed by atoms with van der Waals surface area (Å²) in [7, 11) is 0. The van der Waals surface area contributed by atoms with Crippen LogP contribution >= 0.6 is 31.9 Å². The predicted molar refractivity (Wildman–Crippen MR) is 124 cm³/mol. The molecule has 1 saturated carbocycles. The minimum absolute atomic E-state index is 0.0314. The summed E-state index contributed by atoms with van der Waals surface area (Å²) in [6.45, 7) is 8.65. The summed E-state index contributed by atoms with van der Waals surface area (Å²) in [6.07, 6.45) is 2.69. The van der Waals surface area contributed by atoms with Crippen LogP contribution in [0.4, 0.5) is 11.4 Å². The number of benzene rings is 2. The quantitative estimate of drug-likeness (QED) is 0.227. The summed E-state index contributed by atoms with van der Waals surface area (Å²) in [5, 5.41) is 23.2. The predicted octanol–water partition coefficient (Wildman–Crippen LogP) is 7.33. The van der Waals surface area contributed by atoms with Gasteiger partial charge in [0.1, 0.15) is 0 Å². The van der Waals surface area contributed by atoms with E-state index in [0.717, 1.165) is 36.0 Å². The van der Waals surface area contributed by atoms with E-state index in [9.17, 15) is 20.2 Å². The summed E-state index contributed by atoms with van der Waals surface area (Å²) in [5.41, 5.74) is 1.60. The van der Waals surface area contributed by atoms with Gasteiger partial charge in [0.25, 0.3) is 11.4 Å². The highest BCUT2D eigenvalue weighted by Gasteiger charge is 2.47. The zero-order valence-corrected chi connectivity index (χ0v) is 19.9. The van der Waals surface area contributed by atoms with E-state index in [1.54, 1.807) is 24.3 Å². The second kappa shape index (κ2) is 8.59. The number of nitrogens with zero attached hydrogens (tertiary/aromatic N) is 2. The molecule has 3 rings (SSSR count). The molecule has 0 heterocycles. The molecule has 1 fully saturated rings. The average molecular weight is 538 g/mol. The van der Waals surface area contributed by atoms with Crippen molar-refractivity contribution in [2.24, 2.45) is 11.8 Å². The standard InChI is InChI=1S/C22H22Br2N2O4/c1-4-15-9-13(2)22(14(3)10-15,16-5-7-18(23)20(11-16)25(27)28)17-6-8-19(24)21(12-17)26(29)30/h5-8,11-12,14-15H,2,4,9-10H2,1,3H3. The Kier molecular flexibility index (Phi) is 6.48. The lowest BCUT2D eigenvalue weighted by atomic mass is 9.55. The van der Waals surface area contributed by atoms with Gasteiger partial charge in [0, 0.05) is 17.5 Å². The van der Waals surface area contributed by atoms with Gasteiger partial charge in [-0.1, -0.05) is 44.6 Å². The van der Waals surface area contributed by atoms with E-state index in [1.165, 1.54) is 0 Å². The number of hydrogen-bond acceptors (Lipinski definition) is 4. The molecule has 2 atom stereocenters. The van der Waals surface area contributed by atoms with Crippen LogP contribution in [0.1, 0.15) is 44.2 Å². The fourth-order valence-electron chi connectivity index (χ4n) is 4.87. The molecule has 0 spiro atoms. The SMILES string of the molecule is C=C1CC(CC)CC(C)C1(c1ccc(Br)c([N+](=O)[O-])c1)c1ccc(Br)c([N+](=O)[O-])c1. The molecule has 0 bridgehead atoms. The van der Waals surface area contributed by atoms with Gasteiger partial charge in [0.15, 0.2) is 0 Å². The maximum Gasteiger partial charge on any atom is 0.283 e. The highest BCUT2D eigenvalue weighted by molar-refractivity contribution is 9.11. The van der Waals surface area contributed by atoms with E-state index in [4.69, 9.17) is 0 Å². The molecule has 2 unspecified atom stereocenters. The fourth-order valence-corrected chi connectivity index (χ4v) is 5.65. The van der Waals surface area contributed by atoms with Gasteiger partial charge in [0.2, 0.25) is 0 Å². The van der Waals surface area contributed by atoms with Gasteiger partial charge in [-0.05, 0) is 79.8 Å². The Bertz CT molecular complexity index is 974. The van der Waals surface area contributed by atoms with Gasteiger partial charge in [-0.2, -0.15) is 0 Å². The van der Waals surface area contributed by atoms with E-state index in [0.29, 0.717) is 14.9 Å². The first-order chi connectivity index (χ1) is 14.1. The van der Waals surface area contributed by atoms with Crippen LogP contribution < -0.4 is 0 Å². The number of rotatable bonds is 5. The van der Waals surface area contributed by atoms with Crippen LogP contribution in [0.5, 0.6) is 0 Å². The smallest absolute Gasteiger partial charge is 0.258 e. The summed E-state index contributed by atoms with van der Waals surface area (Å²) in [5.74, 6) is 0.529. The number of allylic oxidation sites excluding steroid dienone is 1. The van der Waals surface area contributed by atoms with Gasteiger partial charge in [0.05, 0.1) is 18.8 Å². The van der Waals surface area contributed by atoms with Crippen molar-refractivity contribution in [3.05, 3.63) is 88.9 Å². The molecule has 2 aromatic carbocycles. The Morgan fingerprint density at radius 1 is 1.03 bits per heavy atom. The summed E-state index contributed by atoms with van der Waals surface area (Å²) >= 11 is 6.52. The lowest BCUT2D eigenvalue weighted by Crippen LogP contribution is -2.42. The van der Waals surface area contributed by atoms with Gasteiger partial charge < -0.3 is 0 Å². The van der Waals surface area contributed by atoms with Crippen LogP contribution in [0, 0.1) is 32.1 Å². The highest BCUT2D eigenvalue weighted by Crippen LogP contribution is 2.54. The van der Waals surface area contributed by atoms with E-state index in [1.807, 2.05) is 12.1 Å². The third-order valence-corrected chi connectivity index (χ3v) is 7.63. The van der Waals surface area contributed by atoms with Crippen LogP contribution in [-0.2, 0) is 5.41 Å². The fraction of sp³-hybridized carbons (Fsp3) is 0.364. The second-order valence-corrected chi connectivity index (χ2v) is 9.58. The van der Waals surface area contributed by atoms with Gasteiger partial charge in [-0.3, -0.25) is 20.2 Å². The van der Waals surface area contributed by atoms with Crippen molar-refractivity contribution >= 4 is 43.2 Å². The van der Waals surface area contributed by atoms with Crippen molar-refractivity contribution in [3.8, 4) is 0 Å². The second-order valence-electron chi connectivity index (χ2n) is 7.87. The Labute approximate surface area is 191 Å². The molecular formula is C22H22Br2N2O4. The highest BCUT2D eigenvalue weighted by atomic mass is 79.9. The zero-order chi connectivity index (χ0) is 22.2. The Hall–Kier alpha value is -2.06. The van der Waals surface area contributed by atoms with Crippen molar-refractivity contribution in [3.63, 3.8) is 0 Å². The van der Waals surface area contributed by atoms with Crippen molar-refractivity contribution in [1.82, 2.24) is 0 Å². The normalized spacial score (nSPS) is 20.7. The molecule has 6 nitrogen and oxygen atoms in total. The number of halogens is 2. The molecule has 2 aromatic rings. The molecule has 0 aromatic heterocycles. The Morgan fingerprint density at radius 3 is 1.87 bits per heavy atom. The topological polar surface area (TPSA) is 86.3 Å². The molecular weight excluding hydrogens is 516 g/mol. The van der Waals surface area contributed by atoms with Crippen LogP contribution in [0.15, 0.2) is 57.5 Å². The van der Waals surface area contributed by atoms with E-state index >= 15 is 0 Å². The van der Waals surface area contributed by atoms with Crippen molar-refractivity contribution < 1.29 is 9.85 Å². The summed E-state index contributed by atoms with van der Waals surface area (Å²) < 4.78 is 0.794. The summed E-state index contributed by atoms with van der Waals surface area (Å²) in [4.78, 5) is 22.4. The first kappa shape index (κ1) is 22.6. The minimum atomic E-state index is -0.747. The monoisotopic (exact) mass is 536 g/mol. The third kappa shape index (κ3) is 3.71. The average Bonchev–Trinajstić information content (AvgIpc) is 2.69. The minimum Gasteiger partial charge on any atom is -0.258 e. The van der Waals surface area contributed by atoms with Crippen LogP contribution in [-0.4, -0.2) is 9.85 Å². The first-order valence-electron chi connectivity index (χ1n) is 9.69. The van der Waals surface area contributed by atoms with Gasteiger partial charge >= 0.3 is 0 Å². The third-order valence-electron chi connectivity index (χ3n) is 6.29. The number of nitro groups is 2. The van der Waals surface area contributed by atoms with E-state index in [2.05, 4.69) is 52.3 Å². The molecule has 0 aliphatic heterocycles. The van der Waals surface area contributed by atoms with Crippen molar-refractivity contribution in [2.45, 2.75) is 38.5 Å². The molecule has 158 valence electrons. The zero-order valence-electron chi connectivity index (χ0n) is 16.7. The molecule has 0 saturated heterocycles. The molecule has 0 radical (unpaired) electrons.